The van der Waals surface area contributed by atoms with E-state index in [1.165, 1.54) is 32.6 Å². The number of halogens is 3. The number of carbonyl (C=O) groups excluding carboxylic acids is 2. The Morgan fingerprint density at radius 2 is 1.07 bits per heavy atom. The number of nitrogen functional groups attached to an aromatic ring is 1. The molecule has 0 saturated carbocycles. The number of benzene rings is 2. The number of nitrogens with zero attached hydrogens (tertiary/aromatic N) is 6. The second-order valence-electron chi connectivity index (χ2n) is 12.0. The Kier molecular flexibility index (Phi) is 18.3. The van der Waals surface area contributed by atoms with Crippen LogP contribution in [0, 0.1) is 27.7 Å². The first-order valence-corrected chi connectivity index (χ1v) is 20.3. The van der Waals surface area contributed by atoms with Crippen LogP contribution < -0.4 is 15.2 Å². The molecule has 0 radical (unpaired) electrons. The predicted molar refractivity (Wildman–Crippen MR) is 212 cm³/mol. The van der Waals surface area contributed by atoms with Gasteiger partial charge in [0.25, 0.3) is 0 Å². The fourth-order valence-electron chi connectivity index (χ4n) is 5.00. The van der Waals surface area contributed by atoms with Crippen molar-refractivity contribution in [2.45, 2.75) is 56.7 Å². The van der Waals surface area contributed by atoms with Gasteiger partial charge in [0.2, 0.25) is 25.3 Å². The number of aromatic nitrogens is 4. The highest BCUT2D eigenvalue weighted by molar-refractivity contribution is 7.89. The van der Waals surface area contributed by atoms with E-state index in [9.17, 15) is 26.4 Å². The molecule has 0 bridgehead atoms. The van der Waals surface area contributed by atoms with Crippen LogP contribution in [-0.4, -0.2) is 98.3 Å². The average molecular weight is 861 g/mol. The number of ether oxygens (including phenoxy) is 2. The summed E-state index contributed by atoms with van der Waals surface area (Å²) in [6.45, 7) is 7.00. The van der Waals surface area contributed by atoms with Crippen LogP contribution in [0.25, 0.3) is 0 Å². The van der Waals surface area contributed by atoms with Crippen molar-refractivity contribution in [3.05, 3.63) is 86.8 Å². The van der Waals surface area contributed by atoms with E-state index in [-0.39, 0.29) is 53.1 Å². The number of nitrogens with two attached hydrogens (primary N) is 1. The van der Waals surface area contributed by atoms with Gasteiger partial charge in [0.1, 0.15) is 23.1 Å². The summed E-state index contributed by atoms with van der Waals surface area (Å²) in [4.78, 5) is 23.4. The van der Waals surface area contributed by atoms with Gasteiger partial charge in [0.15, 0.2) is 10.3 Å². The zero-order valence-corrected chi connectivity index (χ0v) is 35.5. The minimum atomic E-state index is -3.72. The topological polar surface area (TPSA) is 205 Å². The third kappa shape index (κ3) is 14.2. The van der Waals surface area contributed by atoms with Crippen molar-refractivity contribution < 1.29 is 35.9 Å². The maximum Gasteiger partial charge on any atom is 0.243 e. The molecular weight excluding hydrogens is 817 g/mol. The highest BCUT2D eigenvalue weighted by Crippen LogP contribution is 2.29. The van der Waals surface area contributed by atoms with E-state index < -0.39 is 25.3 Å². The van der Waals surface area contributed by atoms with Crippen molar-refractivity contribution in [1.29, 1.82) is 0 Å². The van der Waals surface area contributed by atoms with Gasteiger partial charge in [0, 0.05) is 40.0 Å². The van der Waals surface area contributed by atoms with Gasteiger partial charge in [-0.15, -0.1) is 15.3 Å². The van der Waals surface area contributed by atoms with Crippen LogP contribution in [0.2, 0.25) is 10.3 Å². The van der Waals surface area contributed by atoms with Crippen LogP contribution in [0.5, 0.6) is 11.5 Å². The molecule has 0 saturated heterocycles. The van der Waals surface area contributed by atoms with Crippen LogP contribution in [0.15, 0.2) is 58.3 Å². The molecule has 0 spiro atoms. The largest absolute Gasteiger partial charge is 0.497 e. The molecule has 0 unspecified atom stereocenters. The number of Topliss-reactive ketones (excluding diaryl/α,β-unsaturated/α-hetero) is 1. The van der Waals surface area contributed by atoms with Crippen molar-refractivity contribution in [2.75, 3.05) is 47.1 Å². The van der Waals surface area contributed by atoms with E-state index in [2.05, 4.69) is 20.4 Å². The van der Waals surface area contributed by atoms with Gasteiger partial charge in [-0.05, 0) is 110 Å². The van der Waals surface area contributed by atoms with Gasteiger partial charge in [-0.2, -0.15) is 5.10 Å². The lowest BCUT2D eigenvalue weighted by Crippen LogP contribution is -2.30. The van der Waals surface area contributed by atoms with Gasteiger partial charge < -0.3 is 15.2 Å². The van der Waals surface area contributed by atoms with E-state index in [4.69, 9.17) is 50.0 Å². The quantitative estimate of drug-likeness (QED) is 0.159. The number of hydrogen-bond acceptors (Lipinski definition) is 13. The Morgan fingerprint density at radius 1 is 0.673 bits per heavy atom. The molecule has 2 heterocycles. The second kappa shape index (κ2) is 21.4. The zero-order chi connectivity index (χ0) is 41.7. The molecule has 0 aliphatic rings. The van der Waals surface area contributed by atoms with Crippen molar-refractivity contribution in [2.24, 2.45) is 0 Å². The first-order valence-electron chi connectivity index (χ1n) is 16.3. The number of methoxy groups -OCH3 is 2. The van der Waals surface area contributed by atoms with E-state index >= 15 is 0 Å². The molecule has 2 aromatic heterocycles. The second-order valence-corrected chi connectivity index (χ2v) is 17.2. The molecule has 4 aromatic rings. The molecule has 2 aromatic carbocycles. The molecule has 0 atom stereocenters. The fourth-order valence-corrected chi connectivity index (χ4v) is 8.44. The number of ketones is 1. The molecule has 0 fully saturated rings. The lowest BCUT2D eigenvalue weighted by Gasteiger charge is -2.20. The van der Waals surface area contributed by atoms with E-state index in [0.29, 0.717) is 50.4 Å². The minimum Gasteiger partial charge on any atom is -0.497 e. The molecule has 0 amide bonds. The van der Waals surface area contributed by atoms with E-state index in [0.717, 1.165) is 4.31 Å². The smallest absolute Gasteiger partial charge is 0.243 e. The summed E-state index contributed by atoms with van der Waals surface area (Å²) in [6, 6.07) is 13.1. The fraction of sp³-hybridized carbons (Fsp3) is 0.371. The summed E-state index contributed by atoms with van der Waals surface area (Å²) in [5, 5.41) is 14.5. The summed E-state index contributed by atoms with van der Waals surface area (Å²) >= 11 is 16.3. The number of hydrogen-bond donors (Lipinski definition) is 1. The predicted octanol–water partition coefficient (Wildman–Crippen LogP) is 5.38. The summed E-state index contributed by atoms with van der Waals surface area (Å²) in [7, 11) is -1.42. The summed E-state index contributed by atoms with van der Waals surface area (Å²) in [6.07, 6.45) is 0.137. The van der Waals surface area contributed by atoms with E-state index in [1.807, 2.05) is 0 Å². The lowest BCUT2D eigenvalue weighted by molar-refractivity contribution is -0.118. The molecule has 0 aliphatic carbocycles. The molecule has 20 heteroatoms. The third-order valence-electron chi connectivity index (χ3n) is 7.72. The van der Waals surface area contributed by atoms with Crippen LogP contribution in [0.4, 0.5) is 5.82 Å². The number of sulfonamides is 2. The highest BCUT2D eigenvalue weighted by atomic mass is 35.5. The van der Waals surface area contributed by atoms with E-state index in [1.54, 1.807) is 76.2 Å². The van der Waals surface area contributed by atoms with Gasteiger partial charge in [-0.3, -0.25) is 9.59 Å². The van der Waals surface area contributed by atoms with Crippen LogP contribution >= 0.6 is 34.8 Å². The normalized spacial score (nSPS) is 11.3. The monoisotopic (exact) mass is 859 g/mol. The van der Waals surface area contributed by atoms with Crippen molar-refractivity contribution >= 4 is 71.7 Å². The SMILES string of the molecule is COc1cc(C)c(S(=O)(=O)N(C)CCC(=O)Cc2ccc(Cl)nn2)c(C)c1.COc1cc(C)c(S(=O)(=O)N(C)CCC(=O)Cl)c(C)c1.Nc1ccc(Cl)nn1. The maximum atomic E-state index is 12.9. The Morgan fingerprint density at radius 3 is 1.40 bits per heavy atom. The Balaban J connectivity index is 0.000000325. The number of anilines is 1. The van der Waals surface area contributed by atoms with Gasteiger partial charge in [-0.25, -0.2) is 25.4 Å². The minimum absolute atomic E-state index is 0.0223. The van der Waals surface area contributed by atoms with Crippen LogP contribution in [0.3, 0.4) is 0 Å². The Labute approximate surface area is 337 Å². The Bertz CT molecular complexity index is 2090. The first-order chi connectivity index (χ1) is 25.6. The van der Waals surface area contributed by atoms with Crippen LogP contribution in [-0.2, 0) is 36.1 Å². The maximum absolute atomic E-state index is 12.9. The van der Waals surface area contributed by atoms with Crippen molar-refractivity contribution in [3.8, 4) is 11.5 Å². The zero-order valence-electron chi connectivity index (χ0n) is 31.6. The Hall–Kier alpha value is -3.97. The number of aryl methyl sites for hydroxylation is 4. The summed E-state index contributed by atoms with van der Waals surface area (Å²) < 4.78 is 63.5. The molecule has 300 valence electrons. The van der Waals surface area contributed by atoms with Gasteiger partial charge in [0.05, 0.1) is 36.1 Å². The van der Waals surface area contributed by atoms with Gasteiger partial charge >= 0.3 is 0 Å². The van der Waals surface area contributed by atoms with Crippen molar-refractivity contribution in [1.82, 2.24) is 29.0 Å². The lowest BCUT2D eigenvalue weighted by atomic mass is 10.1. The molecule has 4 rings (SSSR count). The number of carbonyl (C=O) groups is 2. The third-order valence-corrected chi connectivity index (χ3v) is 12.6. The highest BCUT2D eigenvalue weighted by Gasteiger charge is 2.27. The molecule has 0 aliphatic heterocycles. The summed E-state index contributed by atoms with van der Waals surface area (Å²) in [5.41, 5.74) is 8.09. The molecule has 15 nitrogen and oxygen atoms in total. The first kappa shape index (κ1) is 47.2. The standard InChI is InChI=1S/C18H22ClN3O4S.C13H18ClNO4S.C4H4ClN3/c1-12-9-16(26-4)10-13(2)18(12)27(24,25)22(3)8-7-15(23)11-14-5-6-17(19)21-20-14;1-9-7-11(19-4)8-10(2)13(9)20(17,18)15(3)6-5-12(14)16;5-3-1-2-4(6)8-7-3/h5-6,9-10H,7-8,11H2,1-4H3;7-8H,5-6H2,1-4H3;1-2H,(H2,6,8). The molecular formula is C35H44Cl3N7O8S2. The van der Waals surface area contributed by atoms with Crippen LogP contribution in [0.1, 0.15) is 40.8 Å². The average Bonchev–Trinajstić information content (AvgIpc) is 3.11. The van der Waals surface area contributed by atoms with Gasteiger partial charge in [-0.1, -0.05) is 23.2 Å². The van der Waals surface area contributed by atoms with Crippen molar-refractivity contribution in [3.63, 3.8) is 0 Å². The molecule has 2 N–H and O–H groups in total. The summed E-state index contributed by atoms with van der Waals surface area (Å²) in [5.74, 6) is 1.47. The number of rotatable bonds is 14. The molecule has 55 heavy (non-hydrogen) atoms.